The largest absolute Gasteiger partial charge is 0.387 e. The summed E-state index contributed by atoms with van der Waals surface area (Å²) in [6.07, 6.45) is 3.84. The average molecular weight is 246 g/mol. The second-order valence-electron chi connectivity index (χ2n) is 4.98. The lowest BCUT2D eigenvalue weighted by molar-refractivity contribution is -0.127. The fourth-order valence-electron chi connectivity index (χ4n) is 1.92. The number of hydrogen-bond donors (Lipinski definition) is 3. The fourth-order valence-corrected chi connectivity index (χ4v) is 2.64. The molecule has 4 nitrogen and oxygen atoms in total. The van der Waals surface area contributed by atoms with Gasteiger partial charge in [-0.15, -0.1) is 0 Å². The maximum atomic E-state index is 11.9. The van der Waals surface area contributed by atoms with Gasteiger partial charge in [-0.05, 0) is 39.5 Å². The summed E-state index contributed by atoms with van der Waals surface area (Å²) in [5.74, 6) is 0.614. The summed E-state index contributed by atoms with van der Waals surface area (Å²) in [7, 11) is 0. The van der Waals surface area contributed by atoms with Crippen molar-refractivity contribution in [2.24, 2.45) is 0 Å². The lowest BCUT2D eigenvalue weighted by Gasteiger charge is -2.27. The predicted molar refractivity (Wildman–Crippen MR) is 67.7 cm³/mol. The molecule has 1 saturated heterocycles. The molecule has 3 N–H and O–H groups in total. The summed E-state index contributed by atoms with van der Waals surface area (Å²) in [5.41, 5.74) is -1.28. The molecular weight excluding hydrogens is 224 g/mol. The zero-order valence-electron chi connectivity index (χ0n) is 10.3. The number of hydrogen-bond acceptors (Lipinski definition) is 4. The second-order valence-corrected chi connectivity index (χ2v) is 5.84. The van der Waals surface area contributed by atoms with Crippen LogP contribution in [0.3, 0.4) is 0 Å². The number of thioether (sulfide) groups is 1. The highest BCUT2D eigenvalue weighted by atomic mass is 32.2. The molecule has 0 bridgehead atoms. The molecule has 0 aromatic rings. The third-order valence-corrected chi connectivity index (χ3v) is 3.87. The van der Waals surface area contributed by atoms with Crippen LogP contribution in [0.5, 0.6) is 0 Å². The van der Waals surface area contributed by atoms with Crippen LogP contribution in [0.2, 0.25) is 0 Å². The van der Waals surface area contributed by atoms with Crippen molar-refractivity contribution in [3.63, 3.8) is 0 Å². The van der Waals surface area contributed by atoms with Gasteiger partial charge in [0, 0.05) is 12.3 Å². The highest BCUT2D eigenvalue weighted by molar-refractivity contribution is 7.98. The van der Waals surface area contributed by atoms with Crippen molar-refractivity contribution in [2.45, 2.75) is 37.8 Å². The van der Waals surface area contributed by atoms with E-state index in [1.807, 2.05) is 13.2 Å². The molecule has 1 heterocycles. The maximum absolute atomic E-state index is 11.9. The molecule has 0 spiro atoms. The molecule has 0 aromatic carbocycles. The number of amides is 1. The van der Waals surface area contributed by atoms with Crippen molar-refractivity contribution in [1.82, 2.24) is 10.6 Å². The van der Waals surface area contributed by atoms with E-state index in [0.717, 1.165) is 19.4 Å². The van der Waals surface area contributed by atoms with E-state index >= 15 is 0 Å². The Morgan fingerprint density at radius 1 is 1.69 bits per heavy atom. The van der Waals surface area contributed by atoms with Gasteiger partial charge in [0.25, 0.3) is 0 Å². The van der Waals surface area contributed by atoms with Crippen LogP contribution in [0.4, 0.5) is 0 Å². The molecule has 2 atom stereocenters. The second kappa shape index (κ2) is 5.38. The summed E-state index contributed by atoms with van der Waals surface area (Å²) in [4.78, 5) is 11.9. The molecule has 94 valence electrons. The minimum atomic E-state index is -0.829. The van der Waals surface area contributed by atoms with Gasteiger partial charge in [0.05, 0.1) is 11.1 Å². The topological polar surface area (TPSA) is 61.4 Å². The standard InChI is InChI=1S/C11H22N2O2S/c1-10(15,8-16-3)7-12-9(14)11(2)5-4-6-13-11/h13,15H,4-8H2,1-3H3,(H,12,14). The first-order valence-corrected chi connectivity index (χ1v) is 7.04. The van der Waals surface area contributed by atoms with Gasteiger partial charge < -0.3 is 15.7 Å². The molecule has 16 heavy (non-hydrogen) atoms. The SMILES string of the molecule is CSCC(C)(O)CNC(=O)C1(C)CCCN1. The lowest BCUT2D eigenvalue weighted by Crippen LogP contribution is -2.54. The summed E-state index contributed by atoms with van der Waals surface area (Å²) in [6.45, 7) is 4.86. The molecule has 5 heteroatoms. The zero-order valence-corrected chi connectivity index (χ0v) is 11.1. The van der Waals surface area contributed by atoms with Crippen LogP contribution in [0.15, 0.2) is 0 Å². The van der Waals surface area contributed by atoms with Crippen molar-refractivity contribution in [3.8, 4) is 0 Å². The number of aliphatic hydroxyl groups is 1. The van der Waals surface area contributed by atoms with Crippen LogP contribution in [0, 0.1) is 0 Å². The Balaban J connectivity index is 2.40. The van der Waals surface area contributed by atoms with Crippen molar-refractivity contribution in [1.29, 1.82) is 0 Å². The zero-order chi connectivity index (χ0) is 12.2. The van der Waals surface area contributed by atoms with Gasteiger partial charge >= 0.3 is 0 Å². The van der Waals surface area contributed by atoms with E-state index in [1.165, 1.54) is 0 Å². The van der Waals surface area contributed by atoms with Crippen LogP contribution in [-0.4, -0.2) is 47.3 Å². The smallest absolute Gasteiger partial charge is 0.240 e. The molecule has 1 fully saturated rings. The molecule has 0 radical (unpaired) electrons. The maximum Gasteiger partial charge on any atom is 0.240 e. The lowest BCUT2D eigenvalue weighted by atomic mass is 9.99. The molecule has 1 aliphatic heterocycles. The van der Waals surface area contributed by atoms with Gasteiger partial charge in [-0.3, -0.25) is 4.79 Å². The van der Waals surface area contributed by atoms with Crippen molar-refractivity contribution in [2.75, 3.05) is 25.1 Å². The van der Waals surface area contributed by atoms with Gasteiger partial charge in [0.15, 0.2) is 0 Å². The first kappa shape index (κ1) is 13.8. The van der Waals surface area contributed by atoms with Crippen LogP contribution in [0.25, 0.3) is 0 Å². The minimum absolute atomic E-state index is 0.00798. The van der Waals surface area contributed by atoms with E-state index in [9.17, 15) is 9.90 Å². The van der Waals surface area contributed by atoms with Gasteiger partial charge in [-0.2, -0.15) is 11.8 Å². The summed E-state index contributed by atoms with van der Waals surface area (Å²) in [6, 6.07) is 0. The fraction of sp³-hybridized carbons (Fsp3) is 0.909. The number of rotatable bonds is 5. The highest BCUT2D eigenvalue weighted by Crippen LogP contribution is 2.18. The predicted octanol–water partition coefficient (Wildman–Crippen LogP) is 0.359. The molecule has 2 unspecified atom stereocenters. The van der Waals surface area contributed by atoms with Crippen LogP contribution in [-0.2, 0) is 4.79 Å². The molecule has 1 rings (SSSR count). The third-order valence-electron chi connectivity index (χ3n) is 2.95. The number of carbonyl (C=O) groups is 1. The van der Waals surface area contributed by atoms with E-state index in [-0.39, 0.29) is 5.91 Å². The molecule has 0 aromatic heterocycles. The summed E-state index contributed by atoms with van der Waals surface area (Å²) < 4.78 is 0. The summed E-state index contributed by atoms with van der Waals surface area (Å²) >= 11 is 1.57. The molecular formula is C11H22N2O2S. The Hall–Kier alpha value is -0.260. The quantitative estimate of drug-likeness (QED) is 0.655. The number of carbonyl (C=O) groups excluding carboxylic acids is 1. The highest BCUT2D eigenvalue weighted by Gasteiger charge is 2.36. The van der Waals surface area contributed by atoms with E-state index in [0.29, 0.717) is 12.3 Å². The van der Waals surface area contributed by atoms with E-state index in [2.05, 4.69) is 10.6 Å². The minimum Gasteiger partial charge on any atom is -0.387 e. The first-order chi connectivity index (χ1) is 7.40. The Morgan fingerprint density at radius 3 is 2.88 bits per heavy atom. The van der Waals surface area contributed by atoms with E-state index in [4.69, 9.17) is 0 Å². The van der Waals surface area contributed by atoms with E-state index in [1.54, 1.807) is 18.7 Å². The van der Waals surface area contributed by atoms with Gasteiger partial charge in [0.1, 0.15) is 0 Å². The van der Waals surface area contributed by atoms with Crippen molar-refractivity contribution < 1.29 is 9.90 Å². The van der Waals surface area contributed by atoms with Crippen LogP contribution in [0.1, 0.15) is 26.7 Å². The number of nitrogens with one attached hydrogen (secondary N) is 2. The molecule has 0 aliphatic carbocycles. The van der Waals surface area contributed by atoms with Crippen molar-refractivity contribution >= 4 is 17.7 Å². The van der Waals surface area contributed by atoms with Crippen LogP contribution >= 0.6 is 11.8 Å². The first-order valence-electron chi connectivity index (χ1n) is 5.64. The Morgan fingerprint density at radius 2 is 2.38 bits per heavy atom. The van der Waals surface area contributed by atoms with Crippen molar-refractivity contribution in [3.05, 3.63) is 0 Å². The Labute approximate surface area is 102 Å². The third kappa shape index (κ3) is 3.64. The van der Waals surface area contributed by atoms with Gasteiger partial charge in [-0.25, -0.2) is 0 Å². The average Bonchev–Trinajstić information content (AvgIpc) is 2.63. The molecule has 1 amide bonds. The van der Waals surface area contributed by atoms with Gasteiger partial charge in [0.2, 0.25) is 5.91 Å². The Kier molecular flexibility index (Phi) is 4.64. The normalized spacial score (nSPS) is 28.8. The molecule has 0 saturated carbocycles. The van der Waals surface area contributed by atoms with E-state index < -0.39 is 11.1 Å². The van der Waals surface area contributed by atoms with Gasteiger partial charge in [-0.1, -0.05) is 0 Å². The Bertz CT molecular complexity index is 250. The monoisotopic (exact) mass is 246 g/mol. The van der Waals surface area contributed by atoms with Crippen LogP contribution < -0.4 is 10.6 Å². The molecule has 1 aliphatic rings. The summed E-state index contributed by atoms with van der Waals surface area (Å²) in [5, 5.41) is 16.0.